The van der Waals surface area contributed by atoms with Gasteiger partial charge >= 0.3 is 0 Å². The van der Waals surface area contributed by atoms with Gasteiger partial charge in [-0.25, -0.2) is 9.51 Å². The largest absolute Gasteiger partial charge is 0.399 e. The summed E-state index contributed by atoms with van der Waals surface area (Å²) in [5, 5.41) is 6.96. The van der Waals surface area contributed by atoms with E-state index in [0.29, 0.717) is 5.69 Å². The summed E-state index contributed by atoms with van der Waals surface area (Å²) in [7, 11) is -3.62. The molecular formula is C8H9N5O2S. The highest BCUT2D eigenvalue weighted by molar-refractivity contribution is 7.92. The maximum Gasteiger partial charge on any atom is 0.275 e. The van der Waals surface area contributed by atoms with Gasteiger partial charge < -0.3 is 5.73 Å². The SMILES string of the molecule is Nc1ccc(S(=O)(=O)Nn2cnnc2)cc1. The minimum atomic E-state index is -3.62. The molecule has 0 aliphatic carbocycles. The Morgan fingerprint density at radius 3 is 2.25 bits per heavy atom. The van der Waals surface area contributed by atoms with E-state index in [1.165, 1.54) is 36.9 Å². The molecule has 0 amide bonds. The van der Waals surface area contributed by atoms with Crippen LogP contribution in [0, 0.1) is 0 Å². The molecule has 84 valence electrons. The van der Waals surface area contributed by atoms with Crippen molar-refractivity contribution in [3.63, 3.8) is 0 Å². The molecule has 3 N–H and O–H groups in total. The van der Waals surface area contributed by atoms with E-state index in [0.717, 1.165) is 4.68 Å². The fourth-order valence-corrected chi connectivity index (χ4v) is 2.06. The average Bonchev–Trinajstić information content (AvgIpc) is 2.70. The molecule has 0 aliphatic heterocycles. The zero-order valence-corrected chi connectivity index (χ0v) is 8.92. The van der Waals surface area contributed by atoms with Crippen LogP contribution in [0.1, 0.15) is 0 Å². The third kappa shape index (κ3) is 2.11. The number of hydrogen-bond acceptors (Lipinski definition) is 5. The van der Waals surface area contributed by atoms with E-state index >= 15 is 0 Å². The van der Waals surface area contributed by atoms with Crippen LogP contribution in [-0.4, -0.2) is 23.3 Å². The first-order valence-corrected chi connectivity index (χ1v) is 5.79. The average molecular weight is 239 g/mol. The Morgan fingerprint density at radius 1 is 1.12 bits per heavy atom. The number of nitrogens with one attached hydrogen (secondary N) is 1. The molecular weight excluding hydrogens is 230 g/mol. The second kappa shape index (κ2) is 3.81. The molecule has 1 heterocycles. The highest BCUT2D eigenvalue weighted by Crippen LogP contribution is 2.11. The monoisotopic (exact) mass is 239 g/mol. The fraction of sp³-hybridized carbons (Fsp3) is 0. The van der Waals surface area contributed by atoms with Gasteiger partial charge in [-0.2, -0.15) is 8.42 Å². The van der Waals surface area contributed by atoms with Gasteiger partial charge in [0.1, 0.15) is 12.7 Å². The first kappa shape index (κ1) is 10.4. The smallest absolute Gasteiger partial charge is 0.275 e. The van der Waals surface area contributed by atoms with Gasteiger partial charge in [0.2, 0.25) is 0 Å². The van der Waals surface area contributed by atoms with Crippen molar-refractivity contribution in [3.05, 3.63) is 36.9 Å². The topological polar surface area (TPSA) is 103 Å². The highest BCUT2D eigenvalue weighted by Gasteiger charge is 2.13. The van der Waals surface area contributed by atoms with Gasteiger partial charge in [-0.05, 0) is 24.3 Å². The Balaban J connectivity index is 2.29. The number of aromatic nitrogens is 3. The Kier molecular flexibility index (Phi) is 2.49. The summed E-state index contributed by atoms with van der Waals surface area (Å²) >= 11 is 0. The molecule has 0 aliphatic rings. The van der Waals surface area contributed by atoms with E-state index < -0.39 is 10.0 Å². The summed E-state index contributed by atoms with van der Waals surface area (Å²) < 4.78 is 24.7. The van der Waals surface area contributed by atoms with Crippen molar-refractivity contribution < 1.29 is 8.42 Å². The molecule has 0 unspecified atom stereocenters. The van der Waals surface area contributed by atoms with E-state index in [1.54, 1.807) is 0 Å². The maximum absolute atomic E-state index is 11.8. The first-order chi connectivity index (χ1) is 7.58. The van der Waals surface area contributed by atoms with Gasteiger partial charge in [0, 0.05) is 5.69 Å². The minimum Gasteiger partial charge on any atom is -0.399 e. The van der Waals surface area contributed by atoms with Crippen LogP contribution in [0.2, 0.25) is 0 Å². The quantitative estimate of drug-likeness (QED) is 0.721. The van der Waals surface area contributed by atoms with Crippen LogP contribution >= 0.6 is 0 Å². The van der Waals surface area contributed by atoms with Gasteiger partial charge in [0.05, 0.1) is 4.90 Å². The van der Waals surface area contributed by atoms with Crippen LogP contribution in [-0.2, 0) is 10.0 Å². The number of benzene rings is 1. The summed E-state index contributed by atoms with van der Waals surface area (Å²) in [6, 6.07) is 5.87. The molecule has 0 spiro atoms. The third-order valence-electron chi connectivity index (χ3n) is 1.83. The maximum atomic E-state index is 11.8. The van der Waals surface area contributed by atoms with Crippen molar-refractivity contribution in [2.75, 3.05) is 10.6 Å². The Bertz CT molecular complexity index is 561. The molecule has 0 saturated heterocycles. The predicted molar refractivity (Wildman–Crippen MR) is 57.4 cm³/mol. The number of anilines is 1. The summed E-state index contributed by atoms with van der Waals surface area (Å²) in [6.07, 6.45) is 2.49. The second-order valence-electron chi connectivity index (χ2n) is 3.03. The summed E-state index contributed by atoms with van der Waals surface area (Å²) in [6.45, 7) is 0. The lowest BCUT2D eigenvalue weighted by atomic mass is 10.3. The van der Waals surface area contributed by atoms with Crippen molar-refractivity contribution in [2.24, 2.45) is 0 Å². The standard InChI is InChI=1S/C8H9N5O2S/c9-7-1-3-8(4-2-7)16(14,15)12-13-5-10-11-6-13/h1-6,12H,9H2. The van der Waals surface area contributed by atoms with Crippen LogP contribution in [0.3, 0.4) is 0 Å². The van der Waals surface area contributed by atoms with Crippen LogP contribution in [0.5, 0.6) is 0 Å². The summed E-state index contributed by atoms with van der Waals surface area (Å²) in [5.41, 5.74) is 5.97. The van der Waals surface area contributed by atoms with E-state index in [1.807, 2.05) is 0 Å². The van der Waals surface area contributed by atoms with Gasteiger partial charge in [-0.15, -0.1) is 10.2 Å². The Morgan fingerprint density at radius 2 is 1.69 bits per heavy atom. The molecule has 1 aromatic heterocycles. The molecule has 7 nitrogen and oxygen atoms in total. The molecule has 0 fully saturated rings. The molecule has 2 rings (SSSR count). The van der Waals surface area contributed by atoms with Gasteiger partial charge in [0.15, 0.2) is 0 Å². The van der Waals surface area contributed by atoms with Crippen LogP contribution < -0.4 is 10.6 Å². The van der Waals surface area contributed by atoms with Crippen molar-refractivity contribution >= 4 is 15.7 Å². The predicted octanol–water partition coefficient (Wildman–Crippen LogP) is -0.207. The van der Waals surface area contributed by atoms with E-state index in [2.05, 4.69) is 15.0 Å². The molecule has 0 radical (unpaired) electrons. The number of sulfonamides is 1. The first-order valence-electron chi connectivity index (χ1n) is 4.31. The van der Waals surface area contributed by atoms with Crippen LogP contribution in [0.25, 0.3) is 0 Å². The molecule has 8 heteroatoms. The molecule has 16 heavy (non-hydrogen) atoms. The Labute approximate surface area is 91.9 Å². The van der Waals surface area contributed by atoms with Crippen molar-refractivity contribution in [2.45, 2.75) is 4.90 Å². The molecule has 0 bridgehead atoms. The highest BCUT2D eigenvalue weighted by atomic mass is 32.2. The molecule has 2 aromatic rings. The lowest BCUT2D eigenvalue weighted by Crippen LogP contribution is -2.21. The number of hydrogen-bond donors (Lipinski definition) is 2. The number of nitrogens with zero attached hydrogens (tertiary/aromatic N) is 3. The summed E-state index contributed by atoms with van der Waals surface area (Å²) in [5.74, 6) is 0. The number of nitrogen functional groups attached to an aromatic ring is 1. The zero-order valence-electron chi connectivity index (χ0n) is 8.11. The fourth-order valence-electron chi connectivity index (χ4n) is 1.09. The van der Waals surface area contributed by atoms with Gasteiger partial charge in [-0.3, -0.25) is 0 Å². The number of rotatable bonds is 3. The lowest BCUT2D eigenvalue weighted by Gasteiger charge is -2.07. The van der Waals surface area contributed by atoms with Crippen LogP contribution in [0.4, 0.5) is 5.69 Å². The summed E-state index contributed by atoms with van der Waals surface area (Å²) in [4.78, 5) is 2.38. The molecule has 0 saturated carbocycles. The second-order valence-corrected chi connectivity index (χ2v) is 4.69. The zero-order chi connectivity index (χ0) is 11.6. The number of nitrogens with two attached hydrogens (primary N) is 1. The van der Waals surface area contributed by atoms with E-state index in [9.17, 15) is 8.42 Å². The Hall–Kier alpha value is -2.09. The van der Waals surface area contributed by atoms with Gasteiger partial charge in [-0.1, -0.05) is 0 Å². The van der Waals surface area contributed by atoms with Crippen molar-refractivity contribution in [3.8, 4) is 0 Å². The molecule has 1 aromatic carbocycles. The van der Waals surface area contributed by atoms with E-state index in [4.69, 9.17) is 5.73 Å². The third-order valence-corrected chi connectivity index (χ3v) is 3.18. The van der Waals surface area contributed by atoms with E-state index in [-0.39, 0.29) is 4.90 Å². The lowest BCUT2D eigenvalue weighted by molar-refractivity contribution is 0.595. The minimum absolute atomic E-state index is 0.121. The molecule has 0 atom stereocenters. The van der Waals surface area contributed by atoms with Gasteiger partial charge in [0.25, 0.3) is 10.0 Å². The van der Waals surface area contributed by atoms with Crippen molar-refractivity contribution in [1.29, 1.82) is 0 Å². The van der Waals surface area contributed by atoms with Crippen LogP contribution in [0.15, 0.2) is 41.8 Å². The van der Waals surface area contributed by atoms with Crippen molar-refractivity contribution in [1.82, 2.24) is 14.9 Å². The normalized spacial score (nSPS) is 11.2.